The summed E-state index contributed by atoms with van der Waals surface area (Å²) >= 11 is 0. The lowest BCUT2D eigenvalue weighted by Gasteiger charge is -2.26. The average molecular weight is 416 g/mol. The van der Waals surface area contributed by atoms with E-state index in [-0.39, 0.29) is 23.3 Å². The van der Waals surface area contributed by atoms with Crippen molar-refractivity contribution in [1.29, 1.82) is 0 Å². The quantitative estimate of drug-likeness (QED) is 0.298. The van der Waals surface area contributed by atoms with Gasteiger partial charge in [-0.15, -0.1) is 0 Å². The summed E-state index contributed by atoms with van der Waals surface area (Å²) in [5, 5.41) is 25.6. The predicted octanol–water partition coefficient (Wildman–Crippen LogP) is 4.23. The van der Waals surface area contributed by atoms with Crippen LogP contribution in [0.4, 0.5) is 0 Å². The van der Waals surface area contributed by atoms with E-state index < -0.39 is 6.10 Å². The number of hydrogen-bond donors (Lipinski definition) is 2. The van der Waals surface area contributed by atoms with E-state index >= 15 is 0 Å². The van der Waals surface area contributed by atoms with Crippen molar-refractivity contribution in [2.24, 2.45) is 16.2 Å². The standard InChI is InChI=1S/C22H28N2O6/c1-12(2)7-10-17(30-22(25)13(3)4)14-11-18(28-5)19-15(23-26)8-9-16(24-27)20(19)21(14)29-6/h7-9,11,13,17,26-27H,10H2,1-6H3/b23-15+,24-16+. The van der Waals surface area contributed by atoms with Crippen LogP contribution in [0.3, 0.4) is 0 Å². The molecule has 0 heterocycles. The molecule has 8 heteroatoms. The molecule has 30 heavy (non-hydrogen) atoms. The Morgan fingerprint density at radius 1 is 1.07 bits per heavy atom. The minimum absolute atomic E-state index is 0.200. The molecule has 2 rings (SSSR count). The molecule has 162 valence electrons. The Morgan fingerprint density at radius 2 is 1.67 bits per heavy atom. The van der Waals surface area contributed by atoms with Crippen molar-refractivity contribution in [3.8, 4) is 11.5 Å². The molecule has 0 spiro atoms. The summed E-state index contributed by atoms with van der Waals surface area (Å²) in [5.74, 6) is 0.0412. The van der Waals surface area contributed by atoms with Crippen molar-refractivity contribution in [3.63, 3.8) is 0 Å². The number of benzene rings is 1. The maximum absolute atomic E-state index is 12.4. The molecule has 2 N–H and O–H groups in total. The van der Waals surface area contributed by atoms with Crippen LogP contribution in [0.5, 0.6) is 11.5 Å². The number of allylic oxidation sites excluding steroid dienone is 3. The Balaban J connectivity index is 2.80. The highest BCUT2D eigenvalue weighted by Gasteiger charge is 2.32. The molecule has 0 radical (unpaired) electrons. The Labute approximate surface area is 176 Å². The molecule has 0 saturated heterocycles. The average Bonchev–Trinajstić information content (AvgIpc) is 2.73. The van der Waals surface area contributed by atoms with E-state index in [1.165, 1.54) is 26.4 Å². The van der Waals surface area contributed by atoms with Crippen LogP contribution in [0.25, 0.3) is 0 Å². The van der Waals surface area contributed by atoms with Crippen molar-refractivity contribution < 1.29 is 29.4 Å². The van der Waals surface area contributed by atoms with Crippen LogP contribution < -0.4 is 9.47 Å². The highest BCUT2D eigenvalue weighted by atomic mass is 16.5. The lowest BCUT2D eigenvalue weighted by Crippen LogP contribution is -2.21. The first kappa shape index (κ1) is 23.0. The highest BCUT2D eigenvalue weighted by Crippen LogP contribution is 2.42. The number of oxime groups is 2. The molecule has 0 bridgehead atoms. The Bertz CT molecular complexity index is 924. The second-order valence-electron chi connectivity index (χ2n) is 7.35. The van der Waals surface area contributed by atoms with Crippen molar-refractivity contribution in [3.05, 3.63) is 46.6 Å². The molecule has 0 amide bonds. The van der Waals surface area contributed by atoms with E-state index in [2.05, 4.69) is 10.3 Å². The number of nitrogens with zero attached hydrogens (tertiary/aromatic N) is 2. The largest absolute Gasteiger partial charge is 0.496 e. The van der Waals surface area contributed by atoms with Gasteiger partial charge in [-0.05, 0) is 32.1 Å². The fourth-order valence-electron chi connectivity index (χ4n) is 3.13. The summed E-state index contributed by atoms with van der Waals surface area (Å²) in [6.45, 7) is 7.43. The van der Waals surface area contributed by atoms with Gasteiger partial charge < -0.3 is 24.6 Å². The fraction of sp³-hybridized carbons (Fsp3) is 0.409. The van der Waals surface area contributed by atoms with Crippen LogP contribution in [-0.4, -0.2) is 42.0 Å². The Morgan fingerprint density at radius 3 is 2.13 bits per heavy atom. The second kappa shape index (κ2) is 9.96. The molecule has 0 fully saturated rings. The van der Waals surface area contributed by atoms with Crippen LogP contribution in [0, 0.1) is 5.92 Å². The number of fused-ring (bicyclic) bond motifs is 1. The summed E-state index contributed by atoms with van der Waals surface area (Å²) in [6, 6.07) is 1.69. The van der Waals surface area contributed by atoms with E-state index in [1.807, 2.05) is 19.9 Å². The van der Waals surface area contributed by atoms with Gasteiger partial charge in [-0.1, -0.05) is 35.8 Å². The lowest BCUT2D eigenvalue weighted by atomic mass is 9.88. The monoisotopic (exact) mass is 416 g/mol. The summed E-state index contributed by atoms with van der Waals surface area (Å²) in [7, 11) is 2.94. The molecule has 1 aliphatic rings. The first-order valence-corrected chi connectivity index (χ1v) is 9.54. The molecule has 0 aromatic heterocycles. The van der Waals surface area contributed by atoms with Gasteiger partial charge in [0.25, 0.3) is 0 Å². The highest BCUT2D eigenvalue weighted by molar-refractivity contribution is 6.27. The van der Waals surface area contributed by atoms with E-state index in [4.69, 9.17) is 14.2 Å². The Kier molecular flexibility index (Phi) is 7.63. The van der Waals surface area contributed by atoms with Gasteiger partial charge in [0.05, 0.1) is 31.3 Å². The van der Waals surface area contributed by atoms with Crippen molar-refractivity contribution >= 4 is 17.4 Å². The van der Waals surface area contributed by atoms with Gasteiger partial charge >= 0.3 is 5.97 Å². The normalized spacial score (nSPS) is 16.4. The Hall–Kier alpha value is -3.29. The molecule has 1 aromatic carbocycles. The van der Waals surface area contributed by atoms with Crippen molar-refractivity contribution in [2.75, 3.05) is 14.2 Å². The second-order valence-corrected chi connectivity index (χ2v) is 7.35. The summed E-state index contributed by atoms with van der Waals surface area (Å²) < 4.78 is 17.0. The third-order valence-electron chi connectivity index (χ3n) is 4.64. The zero-order chi connectivity index (χ0) is 22.4. The molecule has 0 aliphatic heterocycles. The molecule has 1 atom stereocenters. The zero-order valence-corrected chi connectivity index (χ0v) is 18.1. The number of methoxy groups -OCH3 is 2. The van der Waals surface area contributed by atoms with E-state index in [1.54, 1.807) is 19.9 Å². The fourth-order valence-corrected chi connectivity index (χ4v) is 3.13. The molecular weight excluding hydrogens is 388 g/mol. The van der Waals surface area contributed by atoms with Gasteiger partial charge in [0.15, 0.2) is 0 Å². The van der Waals surface area contributed by atoms with Gasteiger partial charge in [0.2, 0.25) is 0 Å². The number of hydrogen-bond acceptors (Lipinski definition) is 8. The minimum Gasteiger partial charge on any atom is -0.496 e. The van der Waals surface area contributed by atoms with Crippen LogP contribution in [0.2, 0.25) is 0 Å². The van der Waals surface area contributed by atoms with Crippen molar-refractivity contribution in [2.45, 2.75) is 40.2 Å². The third-order valence-corrected chi connectivity index (χ3v) is 4.64. The number of ether oxygens (including phenoxy) is 3. The number of carbonyl (C=O) groups is 1. The maximum Gasteiger partial charge on any atom is 0.308 e. The summed E-state index contributed by atoms with van der Waals surface area (Å²) in [5.41, 5.74) is 2.83. The number of esters is 1. The topological polar surface area (TPSA) is 110 Å². The van der Waals surface area contributed by atoms with E-state index in [0.717, 1.165) is 5.57 Å². The minimum atomic E-state index is -0.663. The van der Waals surface area contributed by atoms with Gasteiger partial charge in [0.1, 0.15) is 29.0 Å². The molecule has 8 nitrogen and oxygen atoms in total. The van der Waals surface area contributed by atoms with E-state index in [0.29, 0.717) is 34.6 Å². The van der Waals surface area contributed by atoms with Crippen LogP contribution in [-0.2, 0) is 9.53 Å². The summed E-state index contributed by atoms with van der Waals surface area (Å²) in [4.78, 5) is 12.4. The van der Waals surface area contributed by atoms with Crippen LogP contribution in [0.1, 0.15) is 56.9 Å². The first-order valence-electron chi connectivity index (χ1n) is 9.54. The number of rotatable bonds is 7. The third kappa shape index (κ3) is 4.64. The predicted molar refractivity (Wildman–Crippen MR) is 113 cm³/mol. The summed E-state index contributed by atoms with van der Waals surface area (Å²) in [6.07, 6.45) is 4.71. The molecule has 0 saturated carbocycles. The van der Waals surface area contributed by atoms with Gasteiger partial charge in [-0.25, -0.2) is 0 Å². The smallest absolute Gasteiger partial charge is 0.308 e. The molecular formula is C22H28N2O6. The van der Waals surface area contributed by atoms with Gasteiger partial charge in [-0.2, -0.15) is 0 Å². The molecule has 1 unspecified atom stereocenters. The van der Waals surface area contributed by atoms with Crippen LogP contribution in [0.15, 0.2) is 40.2 Å². The number of carbonyl (C=O) groups excluding carboxylic acids is 1. The zero-order valence-electron chi connectivity index (χ0n) is 18.1. The van der Waals surface area contributed by atoms with Crippen molar-refractivity contribution in [1.82, 2.24) is 0 Å². The van der Waals surface area contributed by atoms with Crippen LogP contribution >= 0.6 is 0 Å². The molecule has 1 aromatic rings. The first-order chi connectivity index (χ1) is 14.3. The van der Waals surface area contributed by atoms with Gasteiger partial charge in [-0.3, -0.25) is 4.79 Å². The lowest BCUT2D eigenvalue weighted by molar-refractivity contribution is -0.153. The van der Waals surface area contributed by atoms with Gasteiger partial charge in [0, 0.05) is 12.0 Å². The maximum atomic E-state index is 12.4. The SMILES string of the molecule is COc1cc(C(CC=C(C)C)OC(=O)C(C)C)c(OC)c2c1/C(=N/O)C=C/C2=N\O. The van der Waals surface area contributed by atoms with E-state index in [9.17, 15) is 15.2 Å². The molecule has 1 aliphatic carbocycles.